The van der Waals surface area contributed by atoms with Crippen molar-refractivity contribution in [2.24, 2.45) is 17.8 Å². The summed E-state index contributed by atoms with van der Waals surface area (Å²) in [6.45, 7) is 2.60. The third kappa shape index (κ3) is 7.40. The fourth-order valence-corrected chi connectivity index (χ4v) is 6.15. The molecule has 2 heterocycles. The molecule has 0 aromatic rings. The van der Waals surface area contributed by atoms with Gasteiger partial charge in [-0.25, -0.2) is 4.79 Å². The molecule has 2 saturated heterocycles. The van der Waals surface area contributed by atoms with E-state index in [0.29, 0.717) is 68.4 Å². The summed E-state index contributed by atoms with van der Waals surface area (Å²) in [7, 11) is 0. The Morgan fingerprint density at radius 2 is 1.59 bits per heavy atom. The second-order valence-corrected chi connectivity index (χ2v) is 11.9. The first-order valence-electron chi connectivity index (χ1n) is 13.4. The summed E-state index contributed by atoms with van der Waals surface area (Å²) in [5.74, 6) is -0.787. The molecule has 2 aliphatic carbocycles. The number of Topliss-reactive ketones (excluding diaryl/α,β-unsaturated/α-hetero) is 1. The van der Waals surface area contributed by atoms with Crippen molar-refractivity contribution in [3.63, 3.8) is 0 Å². The SMILES string of the molecule is C[C@@H](OCCCSC1CC(=O)N(CC2CCC(C(=O)ON3C(=O)CCC3=O)CC2)C1=O)C(=O)CC1CC1. The Kier molecular flexibility index (Phi) is 9.39. The second-order valence-electron chi connectivity index (χ2n) is 10.6. The average Bonchev–Trinajstić information content (AvgIpc) is 3.59. The first-order valence-corrected chi connectivity index (χ1v) is 14.5. The minimum Gasteiger partial charge on any atom is -0.371 e. The topological polar surface area (TPSA) is 127 Å². The highest BCUT2D eigenvalue weighted by molar-refractivity contribution is 8.00. The number of hydroxylamine groups is 2. The molecule has 2 atom stereocenters. The standard InChI is InChI=1S/C26H36N2O8S/c1-16(20(29)13-17-3-4-17)35-11-2-12-37-21-14-24(32)27(25(21)33)15-18-5-7-19(8-6-18)26(34)36-28-22(30)9-10-23(28)31/h16-19,21H,2-15H2,1H3/t16-,18?,19?,21?/m1/s1. The summed E-state index contributed by atoms with van der Waals surface area (Å²) in [6, 6.07) is 0. The molecule has 0 N–H and O–H groups in total. The molecule has 0 radical (unpaired) electrons. The quantitative estimate of drug-likeness (QED) is 0.257. The molecular formula is C26H36N2O8S. The van der Waals surface area contributed by atoms with Crippen LogP contribution in [-0.4, -0.2) is 75.6 Å². The predicted octanol–water partition coefficient (Wildman–Crippen LogP) is 2.43. The number of carbonyl (C=O) groups is 6. The van der Waals surface area contributed by atoms with Gasteiger partial charge in [-0.1, -0.05) is 0 Å². The number of thioether (sulfide) groups is 1. The number of rotatable bonds is 13. The summed E-state index contributed by atoms with van der Waals surface area (Å²) in [6.07, 6.45) is 5.88. The van der Waals surface area contributed by atoms with Crippen LogP contribution < -0.4 is 0 Å². The van der Waals surface area contributed by atoms with Crippen molar-refractivity contribution < 1.29 is 38.3 Å². The van der Waals surface area contributed by atoms with Crippen LogP contribution in [0, 0.1) is 17.8 Å². The zero-order valence-electron chi connectivity index (χ0n) is 21.4. The molecule has 0 aromatic heterocycles. The van der Waals surface area contributed by atoms with Crippen molar-refractivity contribution in [1.29, 1.82) is 0 Å². The number of carbonyl (C=O) groups excluding carboxylic acids is 6. The molecule has 204 valence electrons. The van der Waals surface area contributed by atoms with E-state index in [1.54, 1.807) is 6.92 Å². The van der Waals surface area contributed by atoms with E-state index in [1.807, 2.05) is 0 Å². The first kappa shape index (κ1) is 27.8. The molecule has 0 spiro atoms. The Hall–Kier alpha value is -2.27. The van der Waals surface area contributed by atoms with E-state index in [4.69, 9.17) is 9.57 Å². The highest BCUT2D eigenvalue weighted by atomic mass is 32.2. The van der Waals surface area contributed by atoms with E-state index in [0.717, 1.165) is 12.8 Å². The predicted molar refractivity (Wildman–Crippen MR) is 133 cm³/mol. The molecule has 0 aromatic carbocycles. The maximum absolute atomic E-state index is 12.9. The van der Waals surface area contributed by atoms with Gasteiger partial charge in [0, 0.05) is 38.8 Å². The highest BCUT2D eigenvalue weighted by Crippen LogP contribution is 2.34. The normalized spacial score (nSPS) is 27.2. The number of likely N-dealkylation sites (tertiary alicyclic amines) is 1. The maximum atomic E-state index is 12.9. The zero-order chi connectivity index (χ0) is 26.5. The van der Waals surface area contributed by atoms with E-state index >= 15 is 0 Å². The first-order chi connectivity index (χ1) is 17.7. The van der Waals surface area contributed by atoms with Crippen LogP contribution in [0.1, 0.15) is 77.6 Å². The van der Waals surface area contributed by atoms with Gasteiger partial charge in [-0.05, 0) is 69.5 Å². The van der Waals surface area contributed by atoms with Crippen LogP contribution in [0.5, 0.6) is 0 Å². The van der Waals surface area contributed by atoms with Crippen LogP contribution in [0.4, 0.5) is 0 Å². The number of amides is 4. The van der Waals surface area contributed by atoms with Gasteiger partial charge in [-0.2, -0.15) is 0 Å². The minimum absolute atomic E-state index is 0.0599. The summed E-state index contributed by atoms with van der Waals surface area (Å²) in [5.41, 5.74) is 0. The summed E-state index contributed by atoms with van der Waals surface area (Å²) in [4.78, 5) is 79.5. The average molecular weight is 537 g/mol. The second kappa shape index (κ2) is 12.5. The fraction of sp³-hybridized carbons (Fsp3) is 0.769. The summed E-state index contributed by atoms with van der Waals surface area (Å²) < 4.78 is 5.65. The number of ketones is 1. The van der Waals surface area contributed by atoms with Crippen LogP contribution in [-0.2, 0) is 38.3 Å². The lowest BCUT2D eigenvalue weighted by Crippen LogP contribution is -2.39. The molecule has 0 bridgehead atoms. The van der Waals surface area contributed by atoms with Gasteiger partial charge in [-0.3, -0.25) is 28.9 Å². The molecule has 2 aliphatic heterocycles. The highest BCUT2D eigenvalue weighted by Gasteiger charge is 2.41. The van der Waals surface area contributed by atoms with Crippen molar-refractivity contribution in [3.05, 3.63) is 0 Å². The lowest BCUT2D eigenvalue weighted by atomic mass is 9.82. The Labute approximate surface area is 221 Å². The van der Waals surface area contributed by atoms with Gasteiger partial charge in [0.1, 0.15) is 6.10 Å². The van der Waals surface area contributed by atoms with Crippen LogP contribution in [0.3, 0.4) is 0 Å². The van der Waals surface area contributed by atoms with Gasteiger partial charge in [0.05, 0.1) is 11.2 Å². The Morgan fingerprint density at radius 3 is 2.24 bits per heavy atom. The molecular weight excluding hydrogens is 500 g/mol. The Bertz CT molecular complexity index is 912. The molecule has 11 heteroatoms. The van der Waals surface area contributed by atoms with E-state index in [1.165, 1.54) is 16.7 Å². The number of ether oxygens (including phenoxy) is 1. The number of nitrogens with zero attached hydrogens (tertiary/aromatic N) is 2. The lowest BCUT2D eigenvalue weighted by Gasteiger charge is -2.30. The van der Waals surface area contributed by atoms with Gasteiger partial charge in [0.2, 0.25) is 11.8 Å². The Balaban J connectivity index is 1.12. The maximum Gasteiger partial charge on any atom is 0.336 e. The number of hydrogen-bond acceptors (Lipinski definition) is 9. The van der Waals surface area contributed by atoms with Gasteiger partial charge >= 0.3 is 5.97 Å². The molecule has 4 rings (SSSR count). The van der Waals surface area contributed by atoms with Crippen molar-refractivity contribution in [2.45, 2.75) is 88.9 Å². The monoisotopic (exact) mass is 536 g/mol. The van der Waals surface area contributed by atoms with Crippen molar-refractivity contribution in [2.75, 3.05) is 18.9 Å². The van der Waals surface area contributed by atoms with Crippen LogP contribution in [0.25, 0.3) is 0 Å². The van der Waals surface area contributed by atoms with Gasteiger partial charge in [0.15, 0.2) is 5.78 Å². The van der Waals surface area contributed by atoms with Crippen LogP contribution >= 0.6 is 11.8 Å². The summed E-state index contributed by atoms with van der Waals surface area (Å²) in [5, 5.41) is 0.193. The molecule has 4 amide bonds. The molecule has 37 heavy (non-hydrogen) atoms. The molecule has 2 saturated carbocycles. The fourth-order valence-electron chi connectivity index (χ4n) is 5.05. The van der Waals surface area contributed by atoms with E-state index < -0.39 is 29.8 Å². The van der Waals surface area contributed by atoms with E-state index in [9.17, 15) is 28.8 Å². The van der Waals surface area contributed by atoms with Crippen LogP contribution in [0.2, 0.25) is 0 Å². The van der Waals surface area contributed by atoms with Crippen molar-refractivity contribution >= 4 is 47.1 Å². The molecule has 4 fully saturated rings. The molecule has 10 nitrogen and oxygen atoms in total. The van der Waals surface area contributed by atoms with Gasteiger partial charge in [0.25, 0.3) is 11.8 Å². The molecule has 1 unspecified atom stereocenters. The van der Waals surface area contributed by atoms with Gasteiger partial charge in [-0.15, -0.1) is 16.8 Å². The van der Waals surface area contributed by atoms with Crippen molar-refractivity contribution in [1.82, 2.24) is 9.96 Å². The van der Waals surface area contributed by atoms with Gasteiger partial charge < -0.3 is 9.57 Å². The lowest BCUT2D eigenvalue weighted by molar-refractivity contribution is -0.201. The van der Waals surface area contributed by atoms with E-state index in [-0.39, 0.29) is 48.0 Å². The van der Waals surface area contributed by atoms with Crippen LogP contribution in [0.15, 0.2) is 0 Å². The third-order valence-electron chi connectivity index (χ3n) is 7.63. The smallest absolute Gasteiger partial charge is 0.336 e. The van der Waals surface area contributed by atoms with Crippen molar-refractivity contribution in [3.8, 4) is 0 Å². The number of hydrogen-bond donors (Lipinski definition) is 0. The third-order valence-corrected chi connectivity index (χ3v) is 8.92. The summed E-state index contributed by atoms with van der Waals surface area (Å²) >= 11 is 1.46. The van der Waals surface area contributed by atoms with E-state index in [2.05, 4.69) is 0 Å². The largest absolute Gasteiger partial charge is 0.371 e. The molecule has 4 aliphatic rings. The minimum atomic E-state index is -0.572. The Morgan fingerprint density at radius 1 is 0.946 bits per heavy atom. The number of imide groups is 2. The zero-order valence-corrected chi connectivity index (χ0v) is 22.2.